The van der Waals surface area contributed by atoms with Crippen LogP contribution in [0.15, 0.2) is 60.0 Å². The predicted molar refractivity (Wildman–Crippen MR) is 203 cm³/mol. The van der Waals surface area contributed by atoms with Crippen molar-refractivity contribution >= 4 is 96.4 Å². The molecule has 0 spiro atoms. The fourth-order valence-electron chi connectivity index (χ4n) is 7.49. The minimum Gasteiger partial charge on any atom is -0.465 e. The Morgan fingerprint density at radius 3 is 2.66 bits per heavy atom. The molecule has 50 heavy (non-hydrogen) atoms. The van der Waals surface area contributed by atoms with Crippen molar-refractivity contribution in [2.75, 3.05) is 55.6 Å². The van der Waals surface area contributed by atoms with E-state index in [1.54, 1.807) is 24.3 Å². The van der Waals surface area contributed by atoms with Crippen molar-refractivity contribution in [2.24, 2.45) is 0 Å². The molecule has 1 saturated heterocycles. The van der Waals surface area contributed by atoms with E-state index in [0.29, 0.717) is 65.8 Å². The molecule has 0 saturated carbocycles. The zero-order valence-corrected chi connectivity index (χ0v) is 29.6. The molecular weight excluding hydrogens is 697 g/mol. The van der Waals surface area contributed by atoms with E-state index in [0.717, 1.165) is 37.5 Å². The SMILES string of the molecule is Cc1csc2c(C3CN(C)CCN3C(=O)O)c(C(=O)c3cc4ccccc4n3NC(=O)c3cc4cc(N)ccc4[nH]3)c3c(c12)[C@@H](CCl)CN3.Cl. The van der Waals surface area contributed by atoms with Gasteiger partial charge in [-0.15, -0.1) is 35.3 Å². The van der Waals surface area contributed by atoms with Crippen molar-refractivity contribution < 1.29 is 19.5 Å². The molecule has 1 unspecified atom stereocenters. The first-order valence-corrected chi connectivity index (χ1v) is 17.5. The zero-order chi connectivity index (χ0) is 34.1. The summed E-state index contributed by atoms with van der Waals surface area (Å²) in [6, 6.07) is 15.7. The number of carboxylic acid groups (broad SMARTS) is 1. The Balaban J connectivity index is 0.00000392. The van der Waals surface area contributed by atoms with Gasteiger partial charge >= 0.3 is 6.09 Å². The predicted octanol–water partition coefficient (Wildman–Crippen LogP) is 6.98. The molecular formula is C36H35Cl2N7O4S. The number of nitrogen functional groups attached to an aromatic ring is 1. The van der Waals surface area contributed by atoms with Crippen LogP contribution in [-0.2, 0) is 0 Å². The summed E-state index contributed by atoms with van der Waals surface area (Å²) >= 11 is 8.06. The van der Waals surface area contributed by atoms with Crippen LogP contribution in [0.1, 0.15) is 55.2 Å². The highest BCUT2D eigenvalue weighted by atomic mass is 35.5. The summed E-state index contributed by atoms with van der Waals surface area (Å²) in [5.41, 5.74) is 15.3. The number of piperazine rings is 1. The second kappa shape index (κ2) is 12.9. The smallest absolute Gasteiger partial charge is 0.407 e. The van der Waals surface area contributed by atoms with Gasteiger partial charge in [-0.05, 0) is 66.9 Å². The van der Waals surface area contributed by atoms with Crippen molar-refractivity contribution in [3.8, 4) is 0 Å². The van der Waals surface area contributed by atoms with Crippen LogP contribution < -0.4 is 16.5 Å². The molecule has 1 fully saturated rings. The maximum absolute atomic E-state index is 15.3. The van der Waals surface area contributed by atoms with Gasteiger partial charge < -0.3 is 26.0 Å². The van der Waals surface area contributed by atoms with E-state index in [-0.39, 0.29) is 29.8 Å². The molecule has 0 radical (unpaired) electrons. The van der Waals surface area contributed by atoms with Gasteiger partial charge in [0.25, 0.3) is 5.91 Å². The van der Waals surface area contributed by atoms with Crippen LogP contribution in [0.2, 0.25) is 0 Å². The minimum atomic E-state index is -1.04. The number of carbonyl (C=O) groups is 3. The van der Waals surface area contributed by atoms with Crippen LogP contribution >= 0.6 is 35.3 Å². The number of fused-ring (bicyclic) bond motifs is 5. The Hall–Kier alpha value is -4.75. The number of rotatable bonds is 6. The van der Waals surface area contributed by atoms with Crippen molar-refractivity contribution in [3.05, 3.63) is 93.6 Å². The summed E-state index contributed by atoms with van der Waals surface area (Å²) in [7, 11) is 1.96. The molecule has 2 aliphatic heterocycles. The van der Waals surface area contributed by atoms with Crippen LogP contribution in [0, 0.1) is 6.92 Å². The Morgan fingerprint density at radius 2 is 1.88 bits per heavy atom. The number of aromatic amines is 1. The summed E-state index contributed by atoms with van der Waals surface area (Å²) in [6.45, 7) is 3.89. The molecule has 2 amide bonds. The average Bonchev–Trinajstić information content (AvgIpc) is 3.87. The number of nitrogens with two attached hydrogens (primary N) is 1. The van der Waals surface area contributed by atoms with Gasteiger partial charge in [-0.2, -0.15) is 0 Å². The van der Waals surface area contributed by atoms with Crippen molar-refractivity contribution in [3.63, 3.8) is 0 Å². The number of hydrogen-bond acceptors (Lipinski definition) is 7. The Bertz CT molecular complexity index is 2350. The van der Waals surface area contributed by atoms with Crippen LogP contribution in [0.5, 0.6) is 0 Å². The lowest BCUT2D eigenvalue weighted by atomic mass is 9.86. The molecule has 3 aromatic carbocycles. The van der Waals surface area contributed by atoms with E-state index in [1.165, 1.54) is 20.9 Å². The number of halogens is 2. The molecule has 258 valence electrons. The summed E-state index contributed by atoms with van der Waals surface area (Å²) < 4.78 is 2.42. The number of nitrogens with one attached hydrogen (secondary N) is 3. The number of para-hydroxylation sites is 1. The number of anilines is 2. The number of alkyl halides is 1. The van der Waals surface area contributed by atoms with E-state index in [1.807, 2.05) is 44.3 Å². The second-order valence-corrected chi connectivity index (χ2v) is 14.1. The molecule has 2 aliphatic rings. The minimum absolute atomic E-state index is 0. The number of benzene rings is 3. The van der Waals surface area contributed by atoms with Gasteiger partial charge in [0.15, 0.2) is 0 Å². The van der Waals surface area contributed by atoms with E-state index >= 15 is 4.79 Å². The Kier molecular flexibility index (Phi) is 8.67. The first kappa shape index (κ1) is 33.7. The number of likely N-dealkylation sites (N-methyl/N-ethyl adjacent to an activating group) is 1. The van der Waals surface area contributed by atoms with Crippen LogP contribution in [0.4, 0.5) is 16.2 Å². The summed E-state index contributed by atoms with van der Waals surface area (Å²) in [5.74, 6) is -0.455. The lowest BCUT2D eigenvalue weighted by Gasteiger charge is -2.39. The third-order valence-corrected chi connectivity index (χ3v) is 11.3. The normalized spacial score (nSPS) is 17.5. The summed E-state index contributed by atoms with van der Waals surface area (Å²) in [4.78, 5) is 48.5. The molecule has 8 rings (SSSR count). The standard InChI is InChI=1S/C36H34ClN7O4S.ClH/c1-18-17-49-34-28(18)29-21(14-37)15-39-32(29)31(30(34)27-16-42(2)9-10-43(27)36(47)48)33(45)26-13-19-5-3-4-6-25(19)44(26)41-35(46)24-12-20-11-22(38)7-8-23(20)40-24;/h3-8,11-13,17,21,27,39-40H,9-10,14-16,38H2,1-2H3,(H,41,46)(H,47,48);1H/t21-,27?;/m0./s1. The first-order chi connectivity index (χ1) is 23.6. The highest BCUT2D eigenvalue weighted by Gasteiger charge is 2.40. The van der Waals surface area contributed by atoms with E-state index in [4.69, 9.17) is 17.3 Å². The lowest BCUT2D eigenvalue weighted by Crippen LogP contribution is -2.49. The Morgan fingerprint density at radius 1 is 1.08 bits per heavy atom. The van der Waals surface area contributed by atoms with Gasteiger partial charge in [-0.1, -0.05) is 18.2 Å². The number of ketones is 1. The van der Waals surface area contributed by atoms with E-state index < -0.39 is 18.0 Å². The molecule has 5 heterocycles. The van der Waals surface area contributed by atoms with Crippen molar-refractivity contribution in [2.45, 2.75) is 18.9 Å². The number of hydrogen-bond donors (Lipinski definition) is 5. The number of thiophene rings is 1. The van der Waals surface area contributed by atoms with Gasteiger partial charge in [-0.3, -0.25) is 19.9 Å². The van der Waals surface area contributed by atoms with Crippen molar-refractivity contribution in [1.29, 1.82) is 0 Å². The molecule has 2 atom stereocenters. The third kappa shape index (κ3) is 5.34. The first-order valence-electron chi connectivity index (χ1n) is 16.0. The average molecular weight is 733 g/mol. The maximum Gasteiger partial charge on any atom is 0.407 e. The molecule has 3 aromatic heterocycles. The maximum atomic E-state index is 15.3. The van der Waals surface area contributed by atoms with Crippen molar-refractivity contribution in [1.82, 2.24) is 19.5 Å². The van der Waals surface area contributed by atoms with Gasteiger partial charge in [0.05, 0.1) is 22.8 Å². The number of nitrogens with zero attached hydrogens (tertiary/aromatic N) is 3. The topological polar surface area (TPSA) is 149 Å². The van der Waals surface area contributed by atoms with Gasteiger partial charge in [0, 0.05) is 75.6 Å². The van der Waals surface area contributed by atoms with Crippen LogP contribution in [0.25, 0.3) is 31.9 Å². The summed E-state index contributed by atoms with van der Waals surface area (Å²) in [6.07, 6.45) is -1.04. The Labute approximate surface area is 302 Å². The number of aryl methyl sites for hydroxylation is 1. The zero-order valence-electron chi connectivity index (χ0n) is 27.2. The fourth-order valence-corrected chi connectivity index (χ4v) is 8.92. The third-order valence-electron chi connectivity index (χ3n) is 9.83. The molecule has 14 heteroatoms. The van der Waals surface area contributed by atoms with Gasteiger partial charge in [0.2, 0.25) is 5.78 Å². The number of carbonyl (C=O) groups excluding carboxylic acids is 2. The monoisotopic (exact) mass is 731 g/mol. The van der Waals surface area contributed by atoms with Crippen LogP contribution in [0.3, 0.4) is 0 Å². The quantitative estimate of drug-likeness (QED) is 0.0705. The summed E-state index contributed by atoms with van der Waals surface area (Å²) in [5, 5.41) is 18.6. The number of H-pyrrole nitrogens is 1. The largest absolute Gasteiger partial charge is 0.465 e. The molecule has 0 aliphatic carbocycles. The van der Waals surface area contributed by atoms with Crippen LogP contribution in [-0.4, -0.2) is 81.5 Å². The van der Waals surface area contributed by atoms with Gasteiger partial charge in [-0.25, -0.2) is 9.47 Å². The van der Waals surface area contributed by atoms with Gasteiger partial charge in [0.1, 0.15) is 11.4 Å². The molecule has 6 aromatic rings. The fraction of sp³-hybridized carbons (Fsp3) is 0.250. The number of amides is 2. The van der Waals surface area contributed by atoms with E-state index in [2.05, 4.69) is 26.0 Å². The second-order valence-electron chi connectivity index (χ2n) is 12.9. The highest BCUT2D eigenvalue weighted by Crippen LogP contribution is 2.50. The molecule has 6 N–H and O–H groups in total. The molecule has 11 nitrogen and oxygen atoms in total. The van der Waals surface area contributed by atoms with E-state index in [9.17, 15) is 14.7 Å². The molecule has 0 bridgehead atoms. The number of aromatic nitrogens is 2. The lowest BCUT2D eigenvalue weighted by molar-refractivity contribution is 0.0771. The highest BCUT2D eigenvalue weighted by molar-refractivity contribution is 7.17.